The Morgan fingerprint density at radius 1 is 1.05 bits per heavy atom. The molecule has 0 N–H and O–H groups in total. The lowest BCUT2D eigenvalue weighted by molar-refractivity contribution is -0.0867. The molecule has 2 rings (SSSR count). The van der Waals surface area contributed by atoms with Crippen LogP contribution in [0.15, 0.2) is 24.3 Å². The van der Waals surface area contributed by atoms with Crippen molar-refractivity contribution in [3.8, 4) is 0 Å². The lowest BCUT2D eigenvalue weighted by Crippen LogP contribution is -2.10. The fourth-order valence-electron chi connectivity index (χ4n) is 2.36. The normalized spacial score (nSPS) is 14.1. The molecule has 0 amide bonds. The summed E-state index contributed by atoms with van der Waals surface area (Å²) >= 11 is 0. The Bertz CT molecular complexity index is 615. The van der Waals surface area contributed by atoms with E-state index >= 15 is 0 Å². The van der Waals surface area contributed by atoms with E-state index in [0.717, 1.165) is 17.4 Å². The highest BCUT2D eigenvalue weighted by Crippen LogP contribution is 2.51. The van der Waals surface area contributed by atoms with Crippen LogP contribution in [0, 0.1) is 0 Å². The zero-order chi connectivity index (χ0) is 15.1. The van der Waals surface area contributed by atoms with E-state index in [9.17, 15) is 13.2 Å². The molecule has 0 bridgehead atoms. The zero-order valence-electron chi connectivity index (χ0n) is 12.3. The first-order valence-corrected chi connectivity index (χ1v) is 8.03. The van der Waals surface area contributed by atoms with Gasteiger partial charge in [-0.15, -0.1) is 13.2 Å². The summed E-state index contributed by atoms with van der Waals surface area (Å²) in [6.07, 6.45) is 1.26. The smallest absolute Gasteiger partial charge is 0.118 e. The first kappa shape index (κ1) is 15.4. The molecule has 1 atom stereocenters. The van der Waals surface area contributed by atoms with Crippen LogP contribution in [0.4, 0.5) is 13.2 Å². The van der Waals surface area contributed by atoms with Crippen molar-refractivity contribution >= 4 is 20.6 Å². The minimum Gasteiger partial charge on any atom is -0.118 e. The van der Waals surface area contributed by atoms with E-state index in [4.69, 9.17) is 0 Å². The van der Waals surface area contributed by atoms with Gasteiger partial charge in [0.1, 0.15) is 0 Å². The minimum atomic E-state index is -4.18. The number of aryl methyl sites for hydroxylation is 1. The molecule has 1 aromatic carbocycles. The molecular weight excluding hydrogens is 281 g/mol. The van der Waals surface area contributed by atoms with E-state index in [0.29, 0.717) is 16.0 Å². The molecule has 0 aliphatic rings. The van der Waals surface area contributed by atoms with Crippen molar-refractivity contribution in [2.75, 3.05) is 0 Å². The second-order valence-corrected chi connectivity index (χ2v) is 8.15. The molecule has 0 fully saturated rings. The van der Waals surface area contributed by atoms with E-state index in [1.165, 1.54) is 0 Å². The summed E-state index contributed by atoms with van der Waals surface area (Å²) in [5.74, 6) is 0. The van der Waals surface area contributed by atoms with Crippen molar-refractivity contribution in [3.05, 3.63) is 34.7 Å². The van der Waals surface area contributed by atoms with Gasteiger partial charge in [0.05, 0.1) is 10.5 Å². The maximum absolute atomic E-state index is 13.4. The molecular formula is C16H20F3S+. The highest BCUT2D eigenvalue weighted by atomic mass is 32.2. The Kier molecular flexibility index (Phi) is 3.89. The van der Waals surface area contributed by atoms with E-state index in [1.807, 2.05) is 39.8 Å². The van der Waals surface area contributed by atoms with Gasteiger partial charge in [-0.2, -0.15) is 0 Å². The van der Waals surface area contributed by atoms with Gasteiger partial charge in [0.2, 0.25) is 0 Å². The van der Waals surface area contributed by atoms with Crippen LogP contribution in [0.1, 0.15) is 44.6 Å². The number of hydrogen-bond donors (Lipinski definition) is 0. The molecule has 2 aromatic rings. The van der Waals surface area contributed by atoms with E-state index in [2.05, 4.69) is 0 Å². The predicted molar refractivity (Wildman–Crippen MR) is 80.4 cm³/mol. The summed E-state index contributed by atoms with van der Waals surface area (Å²) in [6.45, 7) is 7.99. The van der Waals surface area contributed by atoms with Crippen LogP contribution >= 0.6 is 10.5 Å². The molecule has 20 heavy (non-hydrogen) atoms. The topological polar surface area (TPSA) is 0 Å². The van der Waals surface area contributed by atoms with Crippen molar-refractivity contribution in [2.45, 2.75) is 51.5 Å². The molecule has 0 saturated carbocycles. The van der Waals surface area contributed by atoms with Gasteiger partial charge in [0.25, 0.3) is 0 Å². The van der Waals surface area contributed by atoms with Crippen LogP contribution in [0.25, 0.3) is 10.1 Å². The summed E-state index contributed by atoms with van der Waals surface area (Å²) in [5.41, 5.74) is -3.35. The Hall–Kier alpha value is -1.03. The van der Waals surface area contributed by atoms with Crippen molar-refractivity contribution in [3.63, 3.8) is 0 Å². The average molecular weight is 301 g/mol. The van der Waals surface area contributed by atoms with Crippen LogP contribution < -0.4 is 0 Å². The van der Waals surface area contributed by atoms with Gasteiger partial charge in [-0.3, -0.25) is 0 Å². The van der Waals surface area contributed by atoms with Gasteiger partial charge in [0.15, 0.2) is 9.58 Å². The Balaban J connectivity index is 2.73. The number of thiophene rings is 1. The largest absolute Gasteiger partial charge is 0.600 e. The monoisotopic (exact) mass is 301 g/mol. The Morgan fingerprint density at radius 2 is 1.70 bits per heavy atom. The van der Waals surface area contributed by atoms with Crippen LogP contribution in [0.2, 0.25) is 0 Å². The molecule has 0 saturated heterocycles. The summed E-state index contributed by atoms with van der Waals surface area (Å²) < 4.78 is 40.7. The second-order valence-electron chi connectivity index (χ2n) is 6.12. The predicted octanol–water partition coefficient (Wildman–Crippen LogP) is 6.32. The molecule has 0 nitrogen and oxygen atoms in total. The number of hydrogen-bond acceptors (Lipinski definition) is 0. The van der Waals surface area contributed by atoms with Crippen molar-refractivity contribution in [1.29, 1.82) is 0 Å². The van der Waals surface area contributed by atoms with E-state index in [-0.39, 0.29) is 5.41 Å². The van der Waals surface area contributed by atoms with Gasteiger partial charge in [-0.05, 0) is 23.5 Å². The SMILES string of the molecule is CCCc1cc2ccc(C(C)(C)C)cc2[s+]1C(F)(F)F. The summed E-state index contributed by atoms with van der Waals surface area (Å²) in [7, 11) is -1.74. The average Bonchev–Trinajstić information content (AvgIpc) is 2.64. The van der Waals surface area contributed by atoms with Crippen molar-refractivity contribution < 1.29 is 13.2 Å². The molecule has 0 aliphatic carbocycles. The fourth-order valence-corrected chi connectivity index (χ4v) is 4.45. The van der Waals surface area contributed by atoms with E-state index < -0.39 is 16.0 Å². The minimum absolute atomic E-state index is 0.136. The highest BCUT2D eigenvalue weighted by Gasteiger charge is 2.47. The van der Waals surface area contributed by atoms with Crippen LogP contribution in [0.3, 0.4) is 0 Å². The first-order valence-electron chi connectivity index (χ1n) is 6.81. The third kappa shape index (κ3) is 2.85. The highest BCUT2D eigenvalue weighted by molar-refractivity contribution is 7.38. The third-order valence-corrected chi connectivity index (χ3v) is 5.51. The van der Waals surface area contributed by atoms with E-state index in [1.54, 1.807) is 12.1 Å². The summed E-state index contributed by atoms with van der Waals surface area (Å²) in [6, 6.07) is 7.28. The van der Waals surface area contributed by atoms with Gasteiger partial charge in [-0.25, -0.2) is 0 Å². The van der Waals surface area contributed by atoms with Gasteiger partial charge < -0.3 is 0 Å². The quantitative estimate of drug-likeness (QED) is 0.570. The third-order valence-electron chi connectivity index (χ3n) is 3.41. The number of benzene rings is 1. The Labute approximate surface area is 120 Å². The number of halogens is 3. The van der Waals surface area contributed by atoms with Crippen LogP contribution in [-0.4, -0.2) is 0 Å². The second kappa shape index (κ2) is 5.06. The van der Waals surface area contributed by atoms with Gasteiger partial charge in [-0.1, -0.05) is 33.8 Å². The molecule has 0 spiro atoms. The molecule has 1 unspecified atom stereocenters. The Morgan fingerprint density at radius 3 is 2.20 bits per heavy atom. The first-order chi connectivity index (χ1) is 9.14. The number of alkyl halides is 3. The van der Waals surface area contributed by atoms with Crippen LogP contribution in [0.5, 0.6) is 0 Å². The van der Waals surface area contributed by atoms with Gasteiger partial charge in [0, 0.05) is 23.9 Å². The van der Waals surface area contributed by atoms with Crippen molar-refractivity contribution in [1.82, 2.24) is 0 Å². The zero-order valence-corrected chi connectivity index (χ0v) is 13.1. The maximum Gasteiger partial charge on any atom is 0.600 e. The standard InChI is InChI=1S/C16H20F3S/c1-5-6-13-9-11-7-8-12(15(2,3)4)10-14(11)20(13)16(17,18)19/h7-10H,5-6H2,1-4H3/q+1. The molecule has 1 aromatic heterocycles. The number of rotatable bonds is 2. The summed E-state index contributed by atoms with van der Waals surface area (Å²) in [4.78, 5) is 0.529. The maximum atomic E-state index is 13.4. The molecule has 4 heteroatoms. The summed E-state index contributed by atoms with van der Waals surface area (Å²) in [5, 5.41) is 0.738. The number of fused-ring (bicyclic) bond motifs is 1. The lowest BCUT2D eigenvalue weighted by Gasteiger charge is -2.18. The van der Waals surface area contributed by atoms with Crippen LogP contribution in [-0.2, 0) is 17.3 Å². The lowest BCUT2D eigenvalue weighted by atomic mass is 9.87. The van der Waals surface area contributed by atoms with Crippen molar-refractivity contribution in [2.24, 2.45) is 0 Å². The fraction of sp³-hybridized carbons (Fsp3) is 0.500. The molecule has 0 aliphatic heterocycles. The molecule has 1 heterocycles. The molecule has 110 valence electrons. The molecule has 0 radical (unpaired) electrons. The van der Waals surface area contributed by atoms with Gasteiger partial charge >= 0.3 is 5.51 Å².